The zero-order chi connectivity index (χ0) is 22.4. The summed E-state index contributed by atoms with van der Waals surface area (Å²) < 4.78 is 19.2. The van der Waals surface area contributed by atoms with Crippen molar-refractivity contribution in [3.8, 4) is 11.5 Å². The number of hydrogen-bond acceptors (Lipinski definition) is 3. The second-order valence-electron chi connectivity index (χ2n) is 10.3. The van der Waals surface area contributed by atoms with E-state index in [0.29, 0.717) is 5.92 Å². The zero-order valence-corrected chi connectivity index (χ0v) is 20.9. The minimum absolute atomic E-state index is 0.209. The second kappa shape index (κ2) is 10.3. The van der Waals surface area contributed by atoms with Crippen molar-refractivity contribution in [3.05, 3.63) is 60.7 Å². The van der Waals surface area contributed by atoms with Crippen LogP contribution < -0.4 is 9.05 Å². The lowest BCUT2D eigenvalue weighted by atomic mass is 9.92. The molecule has 0 saturated carbocycles. The van der Waals surface area contributed by atoms with Crippen molar-refractivity contribution in [2.24, 2.45) is 10.7 Å². The SMILES string of the molecule is CC1CCCCCC(C)(C)N=P(Oc2ccccc2)(Oc2ccccc2)C(C)(C)CC1. The van der Waals surface area contributed by atoms with Crippen molar-refractivity contribution >= 4 is 7.51 Å². The molecular formula is C27H40NO2P. The van der Waals surface area contributed by atoms with Gasteiger partial charge < -0.3 is 9.05 Å². The Bertz CT molecular complexity index is 816. The van der Waals surface area contributed by atoms with Crippen molar-refractivity contribution in [1.29, 1.82) is 0 Å². The summed E-state index contributed by atoms with van der Waals surface area (Å²) in [5.74, 6) is 2.38. The third kappa shape index (κ3) is 6.62. The van der Waals surface area contributed by atoms with E-state index in [4.69, 9.17) is 13.8 Å². The van der Waals surface area contributed by atoms with Crippen LogP contribution in [0.25, 0.3) is 0 Å². The lowest BCUT2D eigenvalue weighted by Gasteiger charge is -2.41. The van der Waals surface area contributed by atoms with Gasteiger partial charge in [-0.25, -0.2) is 4.74 Å². The quantitative estimate of drug-likeness (QED) is 0.443. The fourth-order valence-electron chi connectivity index (χ4n) is 4.21. The molecule has 3 nitrogen and oxygen atoms in total. The Morgan fingerprint density at radius 1 is 0.742 bits per heavy atom. The topological polar surface area (TPSA) is 30.8 Å². The minimum Gasteiger partial charge on any atom is -0.430 e. The van der Waals surface area contributed by atoms with Gasteiger partial charge in [0, 0.05) is 0 Å². The van der Waals surface area contributed by atoms with Gasteiger partial charge in [-0.2, -0.15) is 0 Å². The highest BCUT2D eigenvalue weighted by Gasteiger charge is 2.45. The number of hydrogen-bond donors (Lipinski definition) is 0. The van der Waals surface area contributed by atoms with E-state index >= 15 is 0 Å². The predicted molar refractivity (Wildman–Crippen MR) is 133 cm³/mol. The Morgan fingerprint density at radius 3 is 1.84 bits per heavy atom. The molecule has 2 aromatic carbocycles. The number of rotatable bonds is 4. The Morgan fingerprint density at radius 2 is 1.29 bits per heavy atom. The van der Waals surface area contributed by atoms with Gasteiger partial charge in [0.25, 0.3) is 0 Å². The molecular weight excluding hydrogens is 401 g/mol. The highest BCUT2D eigenvalue weighted by molar-refractivity contribution is 7.59. The molecule has 1 unspecified atom stereocenters. The molecule has 1 heterocycles. The van der Waals surface area contributed by atoms with Crippen molar-refractivity contribution in [1.82, 2.24) is 0 Å². The van der Waals surface area contributed by atoms with E-state index in [1.165, 1.54) is 32.1 Å². The summed E-state index contributed by atoms with van der Waals surface area (Å²) in [6, 6.07) is 20.2. The molecule has 1 atom stereocenters. The second-order valence-corrected chi connectivity index (χ2v) is 13.1. The molecule has 2 aromatic rings. The fraction of sp³-hybridized carbons (Fsp3) is 0.556. The van der Waals surface area contributed by atoms with Crippen LogP contribution in [0, 0.1) is 5.92 Å². The van der Waals surface area contributed by atoms with Crippen molar-refractivity contribution in [2.45, 2.75) is 90.3 Å². The minimum atomic E-state index is -2.71. The van der Waals surface area contributed by atoms with Crippen LogP contribution in [-0.4, -0.2) is 10.7 Å². The first-order valence-electron chi connectivity index (χ1n) is 11.8. The maximum absolute atomic E-state index is 6.86. The zero-order valence-electron chi connectivity index (χ0n) is 20.0. The van der Waals surface area contributed by atoms with Crippen molar-refractivity contribution < 1.29 is 9.05 Å². The van der Waals surface area contributed by atoms with Crippen LogP contribution in [0.15, 0.2) is 65.4 Å². The molecule has 0 aromatic heterocycles. The van der Waals surface area contributed by atoms with Crippen LogP contribution >= 0.6 is 7.51 Å². The molecule has 0 N–H and O–H groups in total. The van der Waals surface area contributed by atoms with Gasteiger partial charge in [-0.05, 0) is 77.1 Å². The average molecular weight is 442 g/mol. The van der Waals surface area contributed by atoms with Gasteiger partial charge >= 0.3 is 7.51 Å². The Labute approximate surface area is 189 Å². The van der Waals surface area contributed by atoms with Gasteiger partial charge in [-0.1, -0.05) is 69.0 Å². The number of para-hydroxylation sites is 2. The van der Waals surface area contributed by atoms with E-state index in [1.54, 1.807) is 0 Å². The van der Waals surface area contributed by atoms with E-state index in [-0.39, 0.29) is 10.7 Å². The first-order chi connectivity index (χ1) is 14.7. The van der Waals surface area contributed by atoms with Gasteiger partial charge in [0.2, 0.25) is 0 Å². The van der Waals surface area contributed by atoms with Crippen LogP contribution in [0.2, 0.25) is 0 Å². The number of benzene rings is 2. The maximum atomic E-state index is 6.86. The molecule has 0 saturated heterocycles. The molecule has 0 fully saturated rings. The smallest absolute Gasteiger partial charge is 0.320 e. The van der Waals surface area contributed by atoms with Gasteiger partial charge in [0.1, 0.15) is 11.5 Å². The van der Waals surface area contributed by atoms with Gasteiger partial charge in [0.05, 0.1) is 10.7 Å². The molecule has 0 amide bonds. The molecule has 1 aliphatic heterocycles. The van der Waals surface area contributed by atoms with Gasteiger partial charge in [-0.3, -0.25) is 0 Å². The normalized spacial score (nSPS) is 23.5. The third-order valence-corrected chi connectivity index (χ3v) is 9.82. The largest absolute Gasteiger partial charge is 0.430 e. The highest BCUT2D eigenvalue weighted by atomic mass is 31.2. The van der Waals surface area contributed by atoms with Crippen LogP contribution in [0.4, 0.5) is 0 Å². The van der Waals surface area contributed by atoms with Crippen LogP contribution in [0.1, 0.15) is 79.6 Å². The molecule has 3 rings (SSSR count). The molecule has 170 valence electrons. The van der Waals surface area contributed by atoms with Gasteiger partial charge in [-0.15, -0.1) is 0 Å². The molecule has 0 aliphatic carbocycles. The van der Waals surface area contributed by atoms with E-state index in [1.807, 2.05) is 60.7 Å². The lowest BCUT2D eigenvalue weighted by Crippen LogP contribution is -2.30. The highest BCUT2D eigenvalue weighted by Crippen LogP contribution is 2.65. The molecule has 0 spiro atoms. The van der Waals surface area contributed by atoms with E-state index in [2.05, 4.69) is 34.6 Å². The number of nitrogens with zero attached hydrogens (tertiary/aromatic N) is 1. The lowest BCUT2D eigenvalue weighted by molar-refractivity contribution is 0.355. The van der Waals surface area contributed by atoms with Crippen molar-refractivity contribution in [2.75, 3.05) is 0 Å². The molecule has 31 heavy (non-hydrogen) atoms. The van der Waals surface area contributed by atoms with E-state index in [0.717, 1.165) is 24.3 Å². The summed E-state index contributed by atoms with van der Waals surface area (Å²) in [4.78, 5) is 0. The monoisotopic (exact) mass is 441 g/mol. The van der Waals surface area contributed by atoms with E-state index < -0.39 is 7.51 Å². The summed E-state index contributed by atoms with van der Waals surface area (Å²) in [7, 11) is -2.71. The summed E-state index contributed by atoms with van der Waals surface area (Å²) in [5.41, 5.74) is -0.209. The van der Waals surface area contributed by atoms with Crippen LogP contribution in [0.3, 0.4) is 0 Å². The summed E-state index contributed by atoms with van der Waals surface area (Å²) in [6.07, 6.45) is 8.34. The first kappa shape index (κ1) is 23.9. The maximum Gasteiger partial charge on any atom is 0.320 e. The van der Waals surface area contributed by atoms with E-state index in [9.17, 15) is 0 Å². The standard InChI is InChI=1S/C27H40NO2P/c1-23-15-9-8-14-21-26(2,3)28-31(27(4,5)22-20-23,29-24-16-10-6-11-17-24)30-25-18-12-7-13-19-25/h6-7,10-13,16-19,23H,8-9,14-15,20-22H2,1-5H3. The molecule has 0 bridgehead atoms. The Hall–Kier alpha value is -1.73. The Kier molecular flexibility index (Phi) is 7.92. The van der Waals surface area contributed by atoms with Crippen molar-refractivity contribution in [3.63, 3.8) is 0 Å². The molecule has 0 radical (unpaired) electrons. The molecule has 1 aliphatic rings. The summed E-state index contributed by atoms with van der Waals surface area (Å²) in [5, 5.41) is -0.219. The van der Waals surface area contributed by atoms with Gasteiger partial charge in [0.15, 0.2) is 0 Å². The summed E-state index contributed by atoms with van der Waals surface area (Å²) in [6.45, 7) is 11.5. The van der Waals surface area contributed by atoms with Crippen LogP contribution in [-0.2, 0) is 0 Å². The molecule has 4 heteroatoms. The third-order valence-electron chi connectivity index (χ3n) is 6.35. The van der Waals surface area contributed by atoms with Crippen LogP contribution in [0.5, 0.6) is 11.5 Å². The first-order valence-corrected chi connectivity index (χ1v) is 13.4. The fourth-order valence-corrected chi connectivity index (χ4v) is 7.13. The summed E-state index contributed by atoms with van der Waals surface area (Å²) >= 11 is 0. The predicted octanol–water partition coefficient (Wildman–Crippen LogP) is 9.11. The Balaban J connectivity index is 2.15. The average Bonchev–Trinajstić information content (AvgIpc) is 2.72.